The maximum atomic E-state index is 10.6. The molecular weight excluding hydrogens is 140 g/mol. The molecule has 1 aliphatic rings. The van der Waals surface area contributed by atoms with Crippen molar-refractivity contribution < 1.29 is 4.79 Å². The van der Waals surface area contributed by atoms with Crippen LogP contribution in [0.15, 0.2) is 24.0 Å². The van der Waals surface area contributed by atoms with E-state index in [1.54, 1.807) is 0 Å². The van der Waals surface area contributed by atoms with Gasteiger partial charge in [0, 0.05) is 5.70 Å². The Kier molecular flexibility index (Phi) is 4.03. The molecule has 1 rings (SSSR count). The largest absolute Gasteiger partial charge is 0.404 e. The summed E-state index contributed by atoms with van der Waals surface area (Å²) in [6.45, 7) is 7.58. The zero-order chi connectivity index (χ0) is 8.85. The van der Waals surface area contributed by atoms with Crippen LogP contribution in [0.3, 0.4) is 0 Å². The van der Waals surface area contributed by atoms with E-state index in [4.69, 9.17) is 5.73 Å². The Morgan fingerprint density at radius 3 is 2.36 bits per heavy atom. The van der Waals surface area contributed by atoms with Gasteiger partial charge in [0.25, 0.3) is 0 Å². The van der Waals surface area contributed by atoms with E-state index in [1.165, 1.54) is 6.20 Å². The summed E-state index contributed by atoms with van der Waals surface area (Å²) >= 11 is 0. The average Bonchev–Trinajstić information content (AvgIpc) is 2.33. The molecule has 0 spiro atoms. The van der Waals surface area contributed by atoms with Crippen LogP contribution in [0.1, 0.15) is 20.3 Å². The normalized spacial score (nSPS) is 19.3. The molecule has 0 atom stereocenters. The third-order valence-corrected chi connectivity index (χ3v) is 1.23. The minimum atomic E-state index is -0.0308. The standard InChI is InChI=1S/C6H8N2O.C2H6/c1-4-5(3-7)2-6(9)8-4;1-2/h3H,1-2,7H2,(H,8,9);1-2H3/b5-3-;. The van der Waals surface area contributed by atoms with Crippen LogP contribution in [0.4, 0.5) is 0 Å². The number of amides is 1. The second kappa shape index (κ2) is 4.55. The molecule has 0 aliphatic carbocycles. The Morgan fingerprint density at radius 1 is 1.64 bits per heavy atom. The number of nitrogens with two attached hydrogens (primary N) is 1. The molecule has 1 saturated heterocycles. The minimum absolute atomic E-state index is 0.0308. The molecule has 1 aliphatic heterocycles. The van der Waals surface area contributed by atoms with E-state index in [2.05, 4.69) is 11.9 Å². The van der Waals surface area contributed by atoms with Crippen LogP contribution in [-0.2, 0) is 4.79 Å². The highest BCUT2D eigenvalue weighted by molar-refractivity contribution is 5.86. The predicted octanol–water partition coefficient (Wildman–Crippen LogP) is 0.889. The Hall–Kier alpha value is -1.25. The Balaban J connectivity index is 0.000000461. The number of hydrogen-bond donors (Lipinski definition) is 2. The SMILES string of the molecule is C=C1NC(=O)C/C1=C/N.CC. The van der Waals surface area contributed by atoms with Crippen LogP contribution in [0.5, 0.6) is 0 Å². The van der Waals surface area contributed by atoms with Crippen molar-refractivity contribution in [1.82, 2.24) is 5.32 Å². The summed E-state index contributed by atoms with van der Waals surface area (Å²) < 4.78 is 0. The van der Waals surface area contributed by atoms with E-state index in [1.807, 2.05) is 13.8 Å². The van der Waals surface area contributed by atoms with Crippen molar-refractivity contribution >= 4 is 5.91 Å². The minimum Gasteiger partial charge on any atom is -0.404 e. The van der Waals surface area contributed by atoms with Gasteiger partial charge in [-0.25, -0.2) is 0 Å². The van der Waals surface area contributed by atoms with E-state index >= 15 is 0 Å². The molecule has 1 amide bonds. The molecule has 62 valence electrons. The van der Waals surface area contributed by atoms with Gasteiger partial charge < -0.3 is 11.1 Å². The molecule has 3 N–H and O–H groups in total. The molecule has 3 heteroatoms. The molecule has 1 fully saturated rings. The molecular formula is C8H14N2O. The lowest BCUT2D eigenvalue weighted by atomic mass is 10.2. The van der Waals surface area contributed by atoms with Gasteiger partial charge in [0.2, 0.25) is 5.91 Å². The van der Waals surface area contributed by atoms with Gasteiger partial charge in [0.05, 0.1) is 6.42 Å². The van der Waals surface area contributed by atoms with E-state index in [-0.39, 0.29) is 5.91 Å². The van der Waals surface area contributed by atoms with Crippen molar-refractivity contribution in [3.05, 3.63) is 24.0 Å². The third kappa shape index (κ3) is 2.45. The number of allylic oxidation sites excluding steroid dienone is 1. The number of carbonyl (C=O) groups is 1. The van der Waals surface area contributed by atoms with E-state index < -0.39 is 0 Å². The zero-order valence-corrected chi connectivity index (χ0v) is 6.98. The van der Waals surface area contributed by atoms with Crippen LogP contribution in [0, 0.1) is 0 Å². The number of rotatable bonds is 0. The summed E-state index contributed by atoms with van der Waals surface area (Å²) in [5.74, 6) is -0.0308. The topological polar surface area (TPSA) is 55.1 Å². The van der Waals surface area contributed by atoms with Gasteiger partial charge in [-0.15, -0.1) is 0 Å². The molecule has 0 saturated carbocycles. The molecule has 11 heavy (non-hydrogen) atoms. The fourth-order valence-corrected chi connectivity index (χ4v) is 0.732. The number of hydrogen-bond acceptors (Lipinski definition) is 2. The fraction of sp³-hybridized carbons (Fsp3) is 0.375. The highest BCUT2D eigenvalue weighted by atomic mass is 16.1. The molecule has 0 aromatic carbocycles. The number of carbonyl (C=O) groups excluding carboxylic acids is 1. The first-order chi connectivity index (χ1) is 5.24. The highest BCUT2D eigenvalue weighted by Gasteiger charge is 2.17. The van der Waals surface area contributed by atoms with Crippen LogP contribution in [0.25, 0.3) is 0 Å². The molecule has 0 radical (unpaired) electrons. The maximum Gasteiger partial charge on any atom is 0.228 e. The van der Waals surface area contributed by atoms with E-state index in [9.17, 15) is 4.79 Å². The summed E-state index contributed by atoms with van der Waals surface area (Å²) in [5, 5.41) is 2.54. The van der Waals surface area contributed by atoms with Crippen LogP contribution in [0.2, 0.25) is 0 Å². The van der Waals surface area contributed by atoms with Gasteiger partial charge in [-0.1, -0.05) is 20.4 Å². The monoisotopic (exact) mass is 154 g/mol. The first kappa shape index (κ1) is 9.75. The van der Waals surface area contributed by atoms with Crippen molar-refractivity contribution in [3.63, 3.8) is 0 Å². The lowest BCUT2D eigenvalue weighted by Gasteiger charge is -1.91. The van der Waals surface area contributed by atoms with Crippen LogP contribution >= 0.6 is 0 Å². The van der Waals surface area contributed by atoms with Crippen molar-refractivity contribution in [2.24, 2.45) is 5.73 Å². The molecule has 1 heterocycles. The van der Waals surface area contributed by atoms with Crippen molar-refractivity contribution in [1.29, 1.82) is 0 Å². The average molecular weight is 154 g/mol. The Labute approximate surface area is 67.0 Å². The van der Waals surface area contributed by atoms with Gasteiger partial charge >= 0.3 is 0 Å². The van der Waals surface area contributed by atoms with Crippen LogP contribution in [-0.4, -0.2) is 5.91 Å². The van der Waals surface area contributed by atoms with Crippen molar-refractivity contribution in [2.45, 2.75) is 20.3 Å². The highest BCUT2D eigenvalue weighted by Crippen LogP contribution is 2.14. The van der Waals surface area contributed by atoms with Crippen molar-refractivity contribution in [2.75, 3.05) is 0 Å². The summed E-state index contributed by atoms with van der Waals surface area (Å²) in [6.07, 6.45) is 1.77. The lowest BCUT2D eigenvalue weighted by molar-refractivity contribution is -0.118. The summed E-state index contributed by atoms with van der Waals surface area (Å²) in [7, 11) is 0. The van der Waals surface area contributed by atoms with Gasteiger partial charge in [-0.3, -0.25) is 4.79 Å². The fourth-order valence-electron chi connectivity index (χ4n) is 0.732. The van der Waals surface area contributed by atoms with Crippen molar-refractivity contribution in [3.8, 4) is 0 Å². The smallest absolute Gasteiger partial charge is 0.228 e. The summed E-state index contributed by atoms with van der Waals surface area (Å²) in [6, 6.07) is 0. The molecule has 0 aromatic rings. The van der Waals surface area contributed by atoms with E-state index in [0.29, 0.717) is 12.1 Å². The Bertz CT molecular complexity index is 194. The molecule has 3 nitrogen and oxygen atoms in total. The van der Waals surface area contributed by atoms with Gasteiger partial charge in [0.1, 0.15) is 0 Å². The quantitative estimate of drug-likeness (QED) is 0.544. The first-order valence-electron chi connectivity index (χ1n) is 3.64. The summed E-state index contributed by atoms with van der Waals surface area (Å²) in [4.78, 5) is 10.6. The zero-order valence-electron chi connectivity index (χ0n) is 6.98. The lowest BCUT2D eigenvalue weighted by Crippen LogP contribution is -2.10. The molecule has 0 unspecified atom stereocenters. The Morgan fingerprint density at radius 2 is 2.18 bits per heavy atom. The second-order valence-corrected chi connectivity index (χ2v) is 1.90. The van der Waals surface area contributed by atoms with E-state index in [0.717, 1.165) is 5.57 Å². The van der Waals surface area contributed by atoms with Gasteiger partial charge in [-0.2, -0.15) is 0 Å². The third-order valence-electron chi connectivity index (χ3n) is 1.23. The first-order valence-corrected chi connectivity index (χ1v) is 3.64. The second-order valence-electron chi connectivity index (χ2n) is 1.90. The summed E-state index contributed by atoms with van der Waals surface area (Å²) in [5.41, 5.74) is 6.59. The maximum absolute atomic E-state index is 10.6. The van der Waals surface area contributed by atoms with Gasteiger partial charge in [0.15, 0.2) is 0 Å². The van der Waals surface area contributed by atoms with Crippen LogP contribution < -0.4 is 11.1 Å². The molecule has 0 bridgehead atoms. The van der Waals surface area contributed by atoms with Gasteiger partial charge in [-0.05, 0) is 11.8 Å². The molecule has 0 aromatic heterocycles. The number of nitrogens with one attached hydrogen (secondary N) is 1. The predicted molar refractivity (Wildman–Crippen MR) is 45.5 cm³/mol.